The lowest BCUT2D eigenvalue weighted by Gasteiger charge is -2.19. The van der Waals surface area contributed by atoms with E-state index >= 15 is 0 Å². The fourth-order valence-corrected chi connectivity index (χ4v) is 2.68. The molecule has 0 fully saturated rings. The molecular formula is C22H27N3O4. The highest BCUT2D eigenvalue weighted by Crippen LogP contribution is 2.21. The van der Waals surface area contributed by atoms with Crippen LogP contribution in [0.4, 0.5) is 5.69 Å². The number of hydrogen-bond acceptors (Lipinski definition) is 4. The van der Waals surface area contributed by atoms with Gasteiger partial charge >= 0.3 is 0 Å². The Balaban J connectivity index is 2.18. The van der Waals surface area contributed by atoms with E-state index in [1.165, 1.54) is 12.5 Å². The molecule has 3 amide bonds. The van der Waals surface area contributed by atoms with Crippen molar-refractivity contribution in [3.05, 3.63) is 59.7 Å². The second kappa shape index (κ2) is 10.3. The van der Waals surface area contributed by atoms with Gasteiger partial charge < -0.3 is 20.7 Å². The first-order chi connectivity index (χ1) is 13.8. The fraction of sp³-hybridized carbons (Fsp3) is 0.318. The van der Waals surface area contributed by atoms with Crippen LogP contribution in [-0.2, 0) is 14.4 Å². The normalized spacial score (nSPS) is 11.5. The van der Waals surface area contributed by atoms with E-state index in [1.807, 2.05) is 24.3 Å². The summed E-state index contributed by atoms with van der Waals surface area (Å²) in [4.78, 5) is 36.2. The van der Waals surface area contributed by atoms with Gasteiger partial charge in [0.15, 0.2) is 0 Å². The predicted octanol–water partition coefficient (Wildman–Crippen LogP) is 2.75. The number of carbonyl (C=O) groups is 3. The monoisotopic (exact) mass is 397 g/mol. The highest BCUT2D eigenvalue weighted by molar-refractivity contribution is 5.98. The van der Waals surface area contributed by atoms with Gasteiger partial charge in [0.05, 0.1) is 13.7 Å². The lowest BCUT2D eigenvalue weighted by atomic mass is 10.0. The molecule has 0 unspecified atom stereocenters. The average molecular weight is 397 g/mol. The van der Waals surface area contributed by atoms with E-state index in [-0.39, 0.29) is 18.4 Å². The molecule has 3 N–H and O–H groups in total. The van der Waals surface area contributed by atoms with Gasteiger partial charge in [0.2, 0.25) is 11.8 Å². The van der Waals surface area contributed by atoms with Crippen molar-refractivity contribution in [3.63, 3.8) is 0 Å². The first-order valence-corrected chi connectivity index (χ1v) is 9.38. The van der Waals surface area contributed by atoms with Crippen LogP contribution in [0.1, 0.15) is 43.9 Å². The Kier molecular flexibility index (Phi) is 7.77. The minimum absolute atomic E-state index is 0.210. The molecule has 0 radical (unpaired) electrons. The van der Waals surface area contributed by atoms with Crippen molar-refractivity contribution >= 4 is 23.4 Å². The number of anilines is 1. The summed E-state index contributed by atoms with van der Waals surface area (Å²) in [5.74, 6) is -0.146. The zero-order valence-corrected chi connectivity index (χ0v) is 17.1. The van der Waals surface area contributed by atoms with E-state index in [2.05, 4.69) is 29.8 Å². The lowest BCUT2D eigenvalue weighted by molar-refractivity contribution is -0.127. The van der Waals surface area contributed by atoms with E-state index < -0.39 is 11.9 Å². The van der Waals surface area contributed by atoms with E-state index in [9.17, 15) is 14.4 Å². The smallest absolute Gasteiger partial charge is 0.251 e. The number of carbonyl (C=O) groups excluding carboxylic acids is 3. The molecule has 0 spiro atoms. The van der Waals surface area contributed by atoms with Gasteiger partial charge in [0.25, 0.3) is 5.91 Å². The number of rotatable bonds is 8. The van der Waals surface area contributed by atoms with Crippen molar-refractivity contribution in [1.29, 1.82) is 0 Å². The van der Waals surface area contributed by atoms with Gasteiger partial charge in [-0.25, -0.2) is 0 Å². The SMILES string of the molecule is COc1ccc([C@@H](NC(=O)CNC(C)=O)C(=O)Nc2ccc(C(C)C)cc2)cc1. The molecule has 2 rings (SSSR count). The molecule has 0 heterocycles. The van der Waals surface area contributed by atoms with Gasteiger partial charge in [-0.3, -0.25) is 14.4 Å². The Morgan fingerprint density at radius 3 is 2.03 bits per heavy atom. The summed E-state index contributed by atoms with van der Waals surface area (Å²) < 4.78 is 5.15. The molecule has 0 aliphatic rings. The molecule has 0 saturated heterocycles. The molecule has 0 saturated carbocycles. The van der Waals surface area contributed by atoms with Crippen LogP contribution in [0.15, 0.2) is 48.5 Å². The maximum atomic E-state index is 12.9. The van der Waals surface area contributed by atoms with Crippen LogP contribution in [0.25, 0.3) is 0 Å². The zero-order valence-electron chi connectivity index (χ0n) is 17.1. The molecule has 7 heteroatoms. The van der Waals surface area contributed by atoms with E-state index in [1.54, 1.807) is 31.4 Å². The maximum absolute atomic E-state index is 12.9. The van der Waals surface area contributed by atoms with Gasteiger partial charge in [-0.1, -0.05) is 38.1 Å². The minimum atomic E-state index is -0.924. The van der Waals surface area contributed by atoms with Crippen LogP contribution in [-0.4, -0.2) is 31.4 Å². The van der Waals surface area contributed by atoms with Crippen molar-refractivity contribution in [2.75, 3.05) is 19.0 Å². The fourth-order valence-electron chi connectivity index (χ4n) is 2.68. The molecule has 7 nitrogen and oxygen atoms in total. The quantitative estimate of drug-likeness (QED) is 0.638. The molecule has 0 aliphatic carbocycles. The first kappa shape index (κ1) is 21.9. The summed E-state index contributed by atoms with van der Waals surface area (Å²) >= 11 is 0. The third-order valence-corrected chi connectivity index (χ3v) is 4.36. The first-order valence-electron chi connectivity index (χ1n) is 9.38. The summed E-state index contributed by atoms with van der Waals surface area (Å²) in [6, 6.07) is 13.5. The molecule has 0 aromatic heterocycles. The van der Waals surface area contributed by atoms with Gasteiger partial charge in [-0.05, 0) is 41.3 Å². The van der Waals surface area contributed by atoms with Crippen molar-refractivity contribution in [2.24, 2.45) is 0 Å². The molecule has 0 aliphatic heterocycles. The van der Waals surface area contributed by atoms with Crippen LogP contribution < -0.4 is 20.7 Å². The van der Waals surface area contributed by atoms with Crippen molar-refractivity contribution < 1.29 is 19.1 Å². The zero-order chi connectivity index (χ0) is 21.4. The third kappa shape index (κ3) is 6.64. The number of nitrogens with one attached hydrogen (secondary N) is 3. The van der Waals surface area contributed by atoms with Crippen LogP contribution in [0.5, 0.6) is 5.75 Å². The lowest BCUT2D eigenvalue weighted by Crippen LogP contribution is -2.42. The van der Waals surface area contributed by atoms with E-state index in [0.29, 0.717) is 22.9 Å². The predicted molar refractivity (Wildman–Crippen MR) is 112 cm³/mol. The molecule has 1 atom stereocenters. The Bertz CT molecular complexity index is 845. The average Bonchev–Trinajstić information content (AvgIpc) is 2.71. The number of ether oxygens (including phenoxy) is 1. The highest BCUT2D eigenvalue weighted by atomic mass is 16.5. The summed E-state index contributed by atoms with van der Waals surface area (Å²) in [6.45, 7) is 5.30. The van der Waals surface area contributed by atoms with Crippen molar-refractivity contribution in [2.45, 2.75) is 32.7 Å². The number of benzene rings is 2. The summed E-state index contributed by atoms with van der Waals surface area (Å²) in [7, 11) is 1.55. The number of methoxy groups -OCH3 is 1. The summed E-state index contributed by atoms with van der Waals surface area (Å²) in [6.07, 6.45) is 0. The molecular weight excluding hydrogens is 370 g/mol. The topological polar surface area (TPSA) is 96.5 Å². The van der Waals surface area contributed by atoms with Crippen molar-refractivity contribution in [3.8, 4) is 5.75 Å². The molecule has 2 aromatic carbocycles. The molecule has 29 heavy (non-hydrogen) atoms. The Hall–Kier alpha value is -3.35. The molecule has 2 aromatic rings. The largest absolute Gasteiger partial charge is 0.497 e. The van der Waals surface area contributed by atoms with Crippen molar-refractivity contribution in [1.82, 2.24) is 10.6 Å². The summed E-state index contributed by atoms with van der Waals surface area (Å²) in [5.41, 5.74) is 2.39. The Labute approximate surface area is 170 Å². The van der Waals surface area contributed by atoms with E-state index in [4.69, 9.17) is 4.74 Å². The third-order valence-electron chi connectivity index (χ3n) is 4.36. The standard InChI is InChI=1S/C22H27N3O4/c1-14(2)16-5-9-18(10-6-16)24-22(28)21(25-20(27)13-23-15(3)26)17-7-11-19(29-4)12-8-17/h5-12,14,21H,13H2,1-4H3,(H,23,26)(H,24,28)(H,25,27)/t21-/m1/s1. The number of amides is 3. The van der Waals surface area contributed by atoms with Gasteiger partial charge in [0, 0.05) is 12.6 Å². The Morgan fingerprint density at radius 1 is 0.931 bits per heavy atom. The van der Waals surface area contributed by atoms with Crippen LogP contribution in [0.2, 0.25) is 0 Å². The number of hydrogen-bond donors (Lipinski definition) is 3. The Morgan fingerprint density at radius 2 is 1.52 bits per heavy atom. The second-order valence-electron chi connectivity index (χ2n) is 6.95. The summed E-state index contributed by atoms with van der Waals surface area (Å²) in [5, 5.41) is 7.93. The van der Waals surface area contributed by atoms with Crippen LogP contribution in [0, 0.1) is 0 Å². The van der Waals surface area contributed by atoms with Gasteiger partial charge in [0.1, 0.15) is 11.8 Å². The van der Waals surface area contributed by atoms with Crippen LogP contribution >= 0.6 is 0 Å². The molecule has 0 bridgehead atoms. The van der Waals surface area contributed by atoms with Crippen LogP contribution in [0.3, 0.4) is 0 Å². The van der Waals surface area contributed by atoms with Gasteiger partial charge in [-0.15, -0.1) is 0 Å². The van der Waals surface area contributed by atoms with Gasteiger partial charge in [-0.2, -0.15) is 0 Å². The molecule has 154 valence electrons. The highest BCUT2D eigenvalue weighted by Gasteiger charge is 2.23. The minimum Gasteiger partial charge on any atom is -0.497 e. The van der Waals surface area contributed by atoms with E-state index in [0.717, 1.165) is 0 Å². The second-order valence-corrected chi connectivity index (χ2v) is 6.95. The maximum Gasteiger partial charge on any atom is 0.251 e.